The fraction of sp³-hybridized carbons (Fsp3) is 0.200. The first-order valence-electron chi connectivity index (χ1n) is 4.96. The highest BCUT2D eigenvalue weighted by Gasteiger charge is 2.06. The highest BCUT2D eigenvalue weighted by Crippen LogP contribution is 2.26. The summed E-state index contributed by atoms with van der Waals surface area (Å²) in [6.07, 6.45) is 4.89. The zero-order valence-electron chi connectivity index (χ0n) is 9.17. The molecule has 17 heavy (non-hydrogen) atoms. The van der Waals surface area contributed by atoms with Crippen LogP contribution in [0.15, 0.2) is 24.8 Å². The Kier molecular flexibility index (Phi) is 3.61. The first-order valence-corrected chi connectivity index (χ1v) is 5.78. The van der Waals surface area contributed by atoms with Crippen molar-refractivity contribution in [2.45, 2.75) is 0 Å². The lowest BCUT2D eigenvalue weighted by Gasteiger charge is -1.99. The van der Waals surface area contributed by atoms with Gasteiger partial charge in [0.25, 0.3) is 0 Å². The number of rotatable bonds is 4. The van der Waals surface area contributed by atoms with Crippen LogP contribution < -0.4 is 10.6 Å². The molecule has 0 aromatic carbocycles. The SMILES string of the molecule is CNC(=O)CNc1ncc(-c2ccncn2)s1. The molecule has 0 saturated heterocycles. The van der Waals surface area contributed by atoms with E-state index in [1.165, 1.54) is 17.7 Å². The number of carbonyl (C=O) groups excluding carboxylic acids is 1. The molecule has 0 spiro atoms. The summed E-state index contributed by atoms with van der Waals surface area (Å²) in [5.74, 6) is -0.0798. The third-order valence-electron chi connectivity index (χ3n) is 2.02. The van der Waals surface area contributed by atoms with Crippen LogP contribution in [0.25, 0.3) is 10.6 Å². The van der Waals surface area contributed by atoms with Gasteiger partial charge in [-0.15, -0.1) is 0 Å². The third kappa shape index (κ3) is 2.97. The zero-order valence-corrected chi connectivity index (χ0v) is 9.99. The van der Waals surface area contributed by atoms with Crippen LogP contribution in [0.4, 0.5) is 5.13 Å². The van der Waals surface area contributed by atoms with E-state index < -0.39 is 0 Å². The number of anilines is 1. The molecular formula is C10H11N5OS. The number of nitrogens with zero attached hydrogens (tertiary/aromatic N) is 3. The summed E-state index contributed by atoms with van der Waals surface area (Å²) in [7, 11) is 1.60. The molecule has 2 N–H and O–H groups in total. The van der Waals surface area contributed by atoms with E-state index in [2.05, 4.69) is 25.6 Å². The second kappa shape index (κ2) is 5.35. The van der Waals surface area contributed by atoms with Gasteiger partial charge in [-0.05, 0) is 6.07 Å². The molecule has 0 aliphatic rings. The molecule has 2 heterocycles. The van der Waals surface area contributed by atoms with Crippen LogP contribution in [0.5, 0.6) is 0 Å². The van der Waals surface area contributed by atoms with E-state index in [1.54, 1.807) is 19.4 Å². The predicted octanol–water partition coefficient (Wildman–Crippen LogP) is 0.758. The lowest BCUT2D eigenvalue weighted by Crippen LogP contribution is -2.26. The van der Waals surface area contributed by atoms with Crippen LogP contribution in [-0.4, -0.2) is 34.5 Å². The maximum absolute atomic E-state index is 11.0. The van der Waals surface area contributed by atoms with Gasteiger partial charge in [0.15, 0.2) is 5.13 Å². The Balaban J connectivity index is 2.04. The molecule has 2 aromatic rings. The van der Waals surface area contributed by atoms with Crippen LogP contribution >= 0.6 is 11.3 Å². The average molecular weight is 249 g/mol. The van der Waals surface area contributed by atoms with Gasteiger partial charge >= 0.3 is 0 Å². The Hall–Kier alpha value is -2.02. The van der Waals surface area contributed by atoms with Gasteiger partial charge in [0.2, 0.25) is 5.91 Å². The molecule has 6 nitrogen and oxygen atoms in total. The number of thiazole rings is 1. The van der Waals surface area contributed by atoms with Crippen molar-refractivity contribution < 1.29 is 4.79 Å². The minimum absolute atomic E-state index is 0.0798. The molecule has 1 amide bonds. The first-order chi connectivity index (χ1) is 8.29. The summed E-state index contributed by atoms with van der Waals surface area (Å²) in [6, 6.07) is 1.82. The summed E-state index contributed by atoms with van der Waals surface area (Å²) in [6.45, 7) is 0.216. The quantitative estimate of drug-likeness (QED) is 0.836. The Morgan fingerprint density at radius 1 is 1.47 bits per heavy atom. The van der Waals surface area contributed by atoms with E-state index in [-0.39, 0.29) is 12.5 Å². The fourth-order valence-corrected chi connectivity index (χ4v) is 1.94. The van der Waals surface area contributed by atoms with E-state index in [0.717, 1.165) is 10.6 Å². The standard InChI is InChI=1S/C10H11N5OS/c1-11-9(16)5-14-10-13-4-8(17-10)7-2-3-12-6-15-7/h2-4,6H,5H2,1H3,(H,11,16)(H,13,14). The van der Waals surface area contributed by atoms with E-state index in [0.29, 0.717) is 5.13 Å². The highest BCUT2D eigenvalue weighted by molar-refractivity contribution is 7.18. The van der Waals surface area contributed by atoms with Gasteiger partial charge in [-0.3, -0.25) is 4.79 Å². The number of aromatic nitrogens is 3. The number of amides is 1. The Bertz CT molecular complexity index is 498. The smallest absolute Gasteiger partial charge is 0.239 e. The van der Waals surface area contributed by atoms with Crippen molar-refractivity contribution >= 4 is 22.4 Å². The number of nitrogens with one attached hydrogen (secondary N) is 2. The molecule has 2 rings (SSSR count). The molecular weight excluding hydrogens is 238 g/mol. The second-order valence-electron chi connectivity index (χ2n) is 3.15. The van der Waals surface area contributed by atoms with Crippen LogP contribution in [0.1, 0.15) is 0 Å². The van der Waals surface area contributed by atoms with Crippen molar-refractivity contribution in [2.24, 2.45) is 0 Å². The van der Waals surface area contributed by atoms with Gasteiger partial charge < -0.3 is 10.6 Å². The zero-order chi connectivity index (χ0) is 12.1. The van der Waals surface area contributed by atoms with Crippen molar-refractivity contribution in [3.8, 4) is 10.6 Å². The number of likely N-dealkylation sites (N-methyl/N-ethyl adjacent to an activating group) is 1. The van der Waals surface area contributed by atoms with Crippen molar-refractivity contribution in [3.63, 3.8) is 0 Å². The maximum atomic E-state index is 11.0. The summed E-state index contributed by atoms with van der Waals surface area (Å²) >= 11 is 1.45. The lowest BCUT2D eigenvalue weighted by molar-refractivity contribution is -0.118. The molecule has 0 aliphatic heterocycles. The molecule has 0 saturated carbocycles. The minimum Gasteiger partial charge on any atom is -0.358 e. The normalized spacial score (nSPS) is 9.94. The molecule has 0 radical (unpaired) electrons. The highest BCUT2D eigenvalue weighted by atomic mass is 32.1. The van der Waals surface area contributed by atoms with Gasteiger partial charge in [-0.1, -0.05) is 11.3 Å². The minimum atomic E-state index is -0.0798. The van der Waals surface area contributed by atoms with Crippen molar-refractivity contribution in [1.82, 2.24) is 20.3 Å². The fourth-order valence-electron chi connectivity index (χ4n) is 1.15. The van der Waals surface area contributed by atoms with Crippen LogP contribution in [0.2, 0.25) is 0 Å². The molecule has 0 atom stereocenters. The average Bonchev–Trinajstić information content (AvgIpc) is 2.86. The number of hydrogen-bond acceptors (Lipinski definition) is 6. The molecule has 88 valence electrons. The molecule has 0 unspecified atom stereocenters. The van der Waals surface area contributed by atoms with Gasteiger partial charge in [-0.25, -0.2) is 15.0 Å². The van der Waals surface area contributed by atoms with Crippen LogP contribution in [0, 0.1) is 0 Å². The Morgan fingerprint density at radius 2 is 2.35 bits per heavy atom. The van der Waals surface area contributed by atoms with E-state index in [9.17, 15) is 4.79 Å². The van der Waals surface area contributed by atoms with Gasteiger partial charge in [0.05, 0.1) is 17.1 Å². The van der Waals surface area contributed by atoms with Crippen LogP contribution in [-0.2, 0) is 4.79 Å². The van der Waals surface area contributed by atoms with Crippen molar-refractivity contribution in [3.05, 3.63) is 24.8 Å². The summed E-state index contributed by atoms with van der Waals surface area (Å²) < 4.78 is 0. The monoisotopic (exact) mass is 249 g/mol. The second-order valence-corrected chi connectivity index (χ2v) is 4.18. The molecule has 0 fully saturated rings. The van der Waals surface area contributed by atoms with E-state index in [4.69, 9.17) is 0 Å². The topological polar surface area (TPSA) is 79.8 Å². The Labute approximate surface area is 102 Å². The predicted molar refractivity (Wildman–Crippen MR) is 65.7 cm³/mol. The lowest BCUT2D eigenvalue weighted by atomic mass is 10.4. The largest absolute Gasteiger partial charge is 0.358 e. The Morgan fingerprint density at radius 3 is 3.06 bits per heavy atom. The first kappa shape index (κ1) is 11.5. The van der Waals surface area contributed by atoms with E-state index >= 15 is 0 Å². The van der Waals surface area contributed by atoms with Crippen LogP contribution in [0.3, 0.4) is 0 Å². The van der Waals surface area contributed by atoms with Gasteiger partial charge in [0, 0.05) is 19.4 Å². The maximum Gasteiger partial charge on any atom is 0.239 e. The summed E-state index contributed by atoms with van der Waals surface area (Å²) in [5.41, 5.74) is 0.825. The molecule has 0 bridgehead atoms. The van der Waals surface area contributed by atoms with Crippen molar-refractivity contribution in [1.29, 1.82) is 0 Å². The molecule has 2 aromatic heterocycles. The summed E-state index contributed by atoms with van der Waals surface area (Å²) in [5, 5.41) is 6.16. The summed E-state index contributed by atoms with van der Waals surface area (Å²) in [4.78, 5) is 24.1. The number of hydrogen-bond donors (Lipinski definition) is 2. The third-order valence-corrected chi connectivity index (χ3v) is 3.00. The van der Waals surface area contributed by atoms with Gasteiger partial charge in [0.1, 0.15) is 6.33 Å². The molecule has 0 aliphatic carbocycles. The number of carbonyl (C=O) groups is 1. The van der Waals surface area contributed by atoms with Crippen molar-refractivity contribution in [2.75, 3.05) is 18.9 Å². The van der Waals surface area contributed by atoms with E-state index in [1.807, 2.05) is 6.07 Å². The van der Waals surface area contributed by atoms with Gasteiger partial charge in [-0.2, -0.15) is 0 Å². The molecule has 7 heteroatoms.